The molecule has 0 atom stereocenters. The third-order valence-electron chi connectivity index (χ3n) is 2.65. The highest BCUT2D eigenvalue weighted by atomic mass is 16.5. The lowest BCUT2D eigenvalue weighted by Crippen LogP contribution is -2.42. The van der Waals surface area contributed by atoms with Crippen LogP contribution in [0.2, 0.25) is 0 Å². The monoisotopic (exact) mass is 251 g/mol. The molecule has 1 N–H and O–H groups in total. The first-order valence-corrected chi connectivity index (χ1v) is 6.53. The zero-order valence-electron chi connectivity index (χ0n) is 12.0. The first-order chi connectivity index (χ1) is 8.57. The standard InChI is InChI=1S/C15H25NO2/c1-5-9-18-14-8-6-7-13(10-14)11-16-15(2,3)12-17-4/h6-8,10,16H,5,9,11-12H2,1-4H3. The average molecular weight is 251 g/mol. The highest BCUT2D eigenvalue weighted by molar-refractivity contribution is 5.28. The van der Waals surface area contributed by atoms with Crippen LogP contribution in [0.3, 0.4) is 0 Å². The largest absolute Gasteiger partial charge is 0.494 e. The summed E-state index contributed by atoms with van der Waals surface area (Å²) in [6.07, 6.45) is 1.03. The maximum Gasteiger partial charge on any atom is 0.119 e. The zero-order valence-corrected chi connectivity index (χ0v) is 12.0. The molecule has 0 saturated heterocycles. The van der Waals surface area contributed by atoms with Gasteiger partial charge in [0.1, 0.15) is 5.75 Å². The number of hydrogen-bond donors (Lipinski definition) is 1. The third-order valence-corrected chi connectivity index (χ3v) is 2.65. The van der Waals surface area contributed by atoms with Crippen LogP contribution in [0.5, 0.6) is 5.75 Å². The van der Waals surface area contributed by atoms with Crippen molar-refractivity contribution in [2.75, 3.05) is 20.3 Å². The Balaban J connectivity index is 2.51. The van der Waals surface area contributed by atoms with E-state index >= 15 is 0 Å². The fourth-order valence-corrected chi connectivity index (χ4v) is 1.72. The molecule has 1 aromatic rings. The van der Waals surface area contributed by atoms with Crippen LogP contribution in [0.1, 0.15) is 32.8 Å². The number of rotatable bonds is 8. The summed E-state index contributed by atoms with van der Waals surface area (Å²) < 4.78 is 10.8. The van der Waals surface area contributed by atoms with Gasteiger partial charge in [-0.3, -0.25) is 0 Å². The highest BCUT2D eigenvalue weighted by Gasteiger charge is 2.16. The quantitative estimate of drug-likeness (QED) is 0.770. The molecule has 0 unspecified atom stereocenters. The van der Waals surface area contributed by atoms with E-state index in [1.54, 1.807) is 7.11 Å². The molecular formula is C15H25NO2. The third kappa shape index (κ3) is 5.52. The fourth-order valence-electron chi connectivity index (χ4n) is 1.72. The van der Waals surface area contributed by atoms with E-state index in [0.29, 0.717) is 6.61 Å². The minimum atomic E-state index is -0.0188. The molecule has 0 spiro atoms. The number of nitrogens with one attached hydrogen (secondary N) is 1. The van der Waals surface area contributed by atoms with Crippen molar-refractivity contribution < 1.29 is 9.47 Å². The summed E-state index contributed by atoms with van der Waals surface area (Å²) in [6.45, 7) is 8.66. The van der Waals surface area contributed by atoms with Crippen molar-refractivity contribution in [3.05, 3.63) is 29.8 Å². The SMILES string of the molecule is CCCOc1cccc(CNC(C)(C)COC)c1. The topological polar surface area (TPSA) is 30.5 Å². The van der Waals surface area contributed by atoms with Crippen LogP contribution < -0.4 is 10.1 Å². The zero-order chi connectivity index (χ0) is 13.4. The lowest BCUT2D eigenvalue weighted by molar-refractivity contribution is 0.127. The number of methoxy groups -OCH3 is 1. The van der Waals surface area contributed by atoms with E-state index in [2.05, 4.69) is 38.2 Å². The maximum atomic E-state index is 5.62. The summed E-state index contributed by atoms with van der Waals surface area (Å²) in [7, 11) is 1.72. The number of ether oxygens (including phenoxy) is 2. The van der Waals surface area contributed by atoms with E-state index in [4.69, 9.17) is 9.47 Å². The molecule has 0 bridgehead atoms. The van der Waals surface area contributed by atoms with Gasteiger partial charge in [-0.1, -0.05) is 19.1 Å². The van der Waals surface area contributed by atoms with Gasteiger partial charge in [-0.25, -0.2) is 0 Å². The van der Waals surface area contributed by atoms with E-state index in [-0.39, 0.29) is 5.54 Å². The van der Waals surface area contributed by atoms with Crippen LogP contribution in [-0.4, -0.2) is 25.9 Å². The molecule has 0 amide bonds. The molecule has 0 saturated carbocycles. The van der Waals surface area contributed by atoms with E-state index in [0.717, 1.165) is 25.3 Å². The van der Waals surface area contributed by atoms with Crippen LogP contribution in [0.15, 0.2) is 24.3 Å². The molecule has 0 fully saturated rings. The number of benzene rings is 1. The predicted octanol–water partition coefficient (Wildman–Crippen LogP) is 2.99. The Morgan fingerprint density at radius 2 is 2.06 bits per heavy atom. The molecule has 1 rings (SSSR count). The van der Waals surface area contributed by atoms with E-state index in [1.807, 2.05) is 12.1 Å². The van der Waals surface area contributed by atoms with Gasteiger partial charge in [0.25, 0.3) is 0 Å². The highest BCUT2D eigenvalue weighted by Crippen LogP contribution is 2.14. The van der Waals surface area contributed by atoms with Crippen molar-refractivity contribution in [1.29, 1.82) is 0 Å². The van der Waals surface area contributed by atoms with Crippen molar-refractivity contribution >= 4 is 0 Å². The number of hydrogen-bond acceptors (Lipinski definition) is 3. The lowest BCUT2D eigenvalue weighted by Gasteiger charge is -2.25. The van der Waals surface area contributed by atoms with Gasteiger partial charge in [0.05, 0.1) is 13.2 Å². The fraction of sp³-hybridized carbons (Fsp3) is 0.600. The first kappa shape index (κ1) is 15.0. The molecule has 102 valence electrons. The smallest absolute Gasteiger partial charge is 0.119 e. The Labute approximate surface area is 110 Å². The van der Waals surface area contributed by atoms with E-state index < -0.39 is 0 Å². The Morgan fingerprint density at radius 1 is 1.28 bits per heavy atom. The second kappa shape index (κ2) is 7.39. The van der Waals surface area contributed by atoms with E-state index in [1.165, 1.54) is 5.56 Å². The van der Waals surface area contributed by atoms with Gasteiger partial charge in [0.2, 0.25) is 0 Å². The summed E-state index contributed by atoms with van der Waals surface area (Å²) in [5.74, 6) is 0.945. The van der Waals surface area contributed by atoms with Gasteiger partial charge in [0.15, 0.2) is 0 Å². The van der Waals surface area contributed by atoms with Crippen molar-refractivity contribution in [3.8, 4) is 5.75 Å². The molecule has 3 nitrogen and oxygen atoms in total. The Bertz CT molecular complexity index is 350. The first-order valence-electron chi connectivity index (χ1n) is 6.53. The minimum absolute atomic E-state index is 0.0188. The van der Waals surface area contributed by atoms with Gasteiger partial charge in [0, 0.05) is 19.2 Å². The maximum absolute atomic E-state index is 5.62. The van der Waals surface area contributed by atoms with E-state index in [9.17, 15) is 0 Å². The van der Waals surface area contributed by atoms with Crippen molar-refractivity contribution in [1.82, 2.24) is 5.32 Å². The molecule has 0 aliphatic heterocycles. The van der Waals surface area contributed by atoms with Gasteiger partial charge in [-0.15, -0.1) is 0 Å². The summed E-state index contributed by atoms with van der Waals surface area (Å²) in [5.41, 5.74) is 1.21. The van der Waals surface area contributed by atoms with Crippen LogP contribution in [0.4, 0.5) is 0 Å². The summed E-state index contributed by atoms with van der Waals surface area (Å²) in [6, 6.07) is 8.23. The van der Waals surface area contributed by atoms with Crippen LogP contribution >= 0.6 is 0 Å². The molecule has 1 aromatic carbocycles. The second-order valence-electron chi connectivity index (χ2n) is 5.17. The second-order valence-corrected chi connectivity index (χ2v) is 5.17. The molecule has 0 heterocycles. The molecule has 0 aromatic heterocycles. The molecule has 18 heavy (non-hydrogen) atoms. The van der Waals surface area contributed by atoms with Crippen LogP contribution in [0.25, 0.3) is 0 Å². The molecule has 0 radical (unpaired) electrons. The average Bonchev–Trinajstić information content (AvgIpc) is 2.35. The Hall–Kier alpha value is -1.06. The summed E-state index contributed by atoms with van der Waals surface area (Å²) in [4.78, 5) is 0. The van der Waals surface area contributed by atoms with Crippen molar-refractivity contribution in [3.63, 3.8) is 0 Å². The summed E-state index contributed by atoms with van der Waals surface area (Å²) >= 11 is 0. The molecule has 0 aliphatic carbocycles. The van der Waals surface area contributed by atoms with Crippen molar-refractivity contribution in [2.24, 2.45) is 0 Å². The van der Waals surface area contributed by atoms with Crippen LogP contribution in [-0.2, 0) is 11.3 Å². The lowest BCUT2D eigenvalue weighted by atomic mass is 10.1. The Morgan fingerprint density at radius 3 is 2.72 bits per heavy atom. The van der Waals surface area contributed by atoms with Gasteiger partial charge in [-0.05, 0) is 38.0 Å². The molecule has 3 heteroatoms. The predicted molar refractivity (Wildman–Crippen MR) is 75.0 cm³/mol. The van der Waals surface area contributed by atoms with Gasteiger partial charge in [-0.2, -0.15) is 0 Å². The molecular weight excluding hydrogens is 226 g/mol. The Kier molecular flexibility index (Phi) is 6.16. The van der Waals surface area contributed by atoms with Crippen molar-refractivity contribution in [2.45, 2.75) is 39.3 Å². The molecule has 0 aliphatic rings. The normalized spacial score (nSPS) is 11.6. The van der Waals surface area contributed by atoms with Gasteiger partial charge < -0.3 is 14.8 Å². The van der Waals surface area contributed by atoms with Gasteiger partial charge >= 0.3 is 0 Å². The van der Waals surface area contributed by atoms with Crippen LogP contribution in [0, 0.1) is 0 Å². The minimum Gasteiger partial charge on any atom is -0.494 e. The summed E-state index contributed by atoms with van der Waals surface area (Å²) in [5, 5.41) is 3.48.